The van der Waals surface area contributed by atoms with Gasteiger partial charge in [0.2, 0.25) is 0 Å². The van der Waals surface area contributed by atoms with Crippen LogP contribution in [0, 0.1) is 0 Å². The van der Waals surface area contributed by atoms with E-state index in [1.165, 1.54) is 32.7 Å². The van der Waals surface area contributed by atoms with Gasteiger partial charge >= 0.3 is 0 Å². The Hall–Kier alpha value is -3.52. The van der Waals surface area contributed by atoms with Gasteiger partial charge in [0.15, 0.2) is 0 Å². The molecule has 0 N–H and O–H groups in total. The summed E-state index contributed by atoms with van der Waals surface area (Å²) in [5.41, 5.74) is 6.23. The van der Waals surface area contributed by atoms with Crippen molar-refractivity contribution in [3.63, 3.8) is 0 Å². The molecule has 0 unspecified atom stereocenters. The molecule has 0 radical (unpaired) electrons. The molecule has 0 atom stereocenters. The lowest BCUT2D eigenvalue weighted by atomic mass is 10.0. The molecule has 27 heavy (non-hydrogen) atoms. The summed E-state index contributed by atoms with van der Waals surface area (Å²) in [6, 6.07) is 29.4. The highest BCUT2D eigenvalue weighted by Gasteiger charge is 2.09. The third kappa shape index (κ3) is 2.27. The van der Waals surface area contributed by atoms with Crippen molar-refractivity contribution in [1.82, 2.24) is 0 Å². The third-order valence-corrected chi connectivity index (χ3v) is 5.29. The molecule has 0 saturated carbocycles. The second-order valence-electron chi connectivity index (χ2n) is 7.03. The number of fused-ring (bicyclic) bond motifs is 6. The predicted molar refractivity (Wildman–Crippen MR) is 110 cm³/mol. The first-order chi connectivity index (χ1) is 13.3. The Morgan fingerprint density at radius 1 is 0.444 bits per heavy atom. The van der Waals surface area contributed by atoms with Gasteiger partial charge in [-0.3, -0.25) is 0 Å². The lowest BCUT2D eigenvalue weighted by Crippen LogP contribution is -1.87. The Bertz CT molecular complexity index is 1340. The van der Waals surface area contributed by atoms with Crippen LogP contribution >= 0.6 is 0 Å². The molecule has 2 heterocycles. The minimum atomic E-state index is 0.847. The van der Waals surface area contributed by atoms with E-state index in [1.54, 1.807) is 0 Å². The highest BCUT2D eigenvalue weighted by Crippen LogP contribution is 2.31. The highest BCUT2D eigenvalue weighted by atomic mass is 16.3. The largest absolute Gasteiger partial charge is 0.456 e. The summed E-state index contributed by atoms with van der Waals surface area (Å²) in [5, 5.41) is 4.68. The summed E-state index contributed by atoms with van der Waals surface area (Å²) < 4.78 is 12.0. The van der Waals surface area contributed by atoms with Crippen LogP contribution in [0.3, 0.4) is 0 Å². The van der Waals surface area contributed by atoms with Crippen molar-refractivity contribution >= 4 is 43.9 Å². The number of rotatable bonds is 2. The van der Waals surface area contributed by atoms with Gasteiger partial charge < -0.3 is 8.83 Å². The number of para-hydroxylation sites is 2. The lowest BCUT2D eigenvalue weighted by molar-refractivity contribution is 0.668. The second-order valence-corrected chi connectivity index (χ2v) is 7.03. The van der Waals surface area contributed by atoms with E-state index < -0.39 is 0 Å². The SMILES string of the molecule is c1ccc2c(c1)oc1cc(Cc3ccc4c(c3)oc3ccccc34)ccc12. The predicted octanol–water partition coefficient (Wildman–Crippen LogP) is 7.08. The van der Waals surface area contributed by atoms with E-state index in [4.69, 9.17) is 8.83 Å². The number of hydrogen-bond acceptors (Lipinski definition) is 2. The van der Waals surface area contributed by atoms with Gasteiger partial charge in [-0.2, -0.15) is 0 Å². The highest BCUT2D eigenvalue weighted by molar-refractivity contribution is 6.05. The van der Waals surface area contributed by atoms with Gasteiger partial charge in [0.1, 0.15) is 22.3 Å². The summed E-state index contributed by atoms with van der Waals surface area (Å²) in [6.45, 7) is 0. The first-order valence-corrected chi connectivity index (χ1v) is 9.15. The summed E-state index contributed by atoms with van der Waals surface area (Å²) >= 11 is 0. The maximum Gasteiger partial charge on any atom is 0.135 e. The van der Waals surface area contributed by atoms with E-state index in [-0.39, 0.29) is 0 Å². The smallest absolute Gasteiger partial charge is 0.135 e. The molecule has 6 rings (SSSR count). The van der Waals surface area contributed by atoms with Crippen LogP contribution in [0.25, 0.3) is 43.9 Å². The van der Waals surface area contributed by atoms with E-state index in [9.17, 15) is 0 Å². The Kier molecular flexibility index (Phi) is 2.97. The quantitative estimate of drug-likeness (QED) is 0.334. The van der Waals surface area contributed by atoms with Crippen molar-refractivity contribution in [1.29, 1.82) is 0 Å². The molecule has 2 aromatic heterocycles. The minimum absolute atomic E-state index is 0.847. The fourth-order valence-corrected chi connectivity index (χ4v) is 4.00. The summed E-state index contributed by atoms with van der Waals surface area (Å²) in [6.07, 6.45) is 0.847. The fourth-order valence-electron chi connectivity index (χ4n) is 4.00. The van der Waals surface area contributed by atoms with Crippen LogP contribution in [0.15, 0.2) is 93.8 Å². The second kappa shape index (κ2) is 5.49. The maximum atomic E-state index is 6.02. The van der Waals surface area contributed by atoms with E-state index in [1.807, 2.05) is 36.4 Å². The molecular formula is C25H16O2. The summed E-state index contributed by atoms with van der Waals surface area (Å²) in [7, 11) is 0. The van der Waals surface area contributed by atoms with Crippen LogP contribution in [0.4, 0.5) is 0 Å². The zero-order chi connectivity index (χ0) is 17.8. The zero-order valence-electron chi connectivity index (χ0n) is 14.6. The molecule has 0 fully saturated rings. The van der Waals surface area contributed by atoms with Crippen molar-refractivity contribution in [3.05, 3.63) is 96.1 Å². The van der Waals surface area contributed by atoms with Crippen LogP contribution in [-0.2, 0) is 6.42 Å². The topological polar surface area (TPSA) is 26.3 Å². The molecule has 0 bridgehead atoms. The normalized spacial score (nSPS) is 11.9. The van der Waals surface area contributed by atoms with Crippen molar-refractivity contribution in [2.45, 2.75) is 6.42 Å². The Labute approximate surface area is 155 Å². The van der Waals surface area contributed by atoms with Crippen LogP contribution in [0.1, 0.15) is 11.1 Å². The van der Waals surface area contributed by atoms with Gasteiger partial charge in [-0.15, -0.1) is 0 Å². The van der Waals surface area contributed by atoms with Crippen LogP contribution in [0.5, 0.6) is 0 Å². The van der Waals surface area contributed by atoms with E-state index in [2.05, 4.69) is 48.5 Å². The summed E-state index contributed by atoms with van der Waals surface area (Å²) in [5.74, 6) is 0. The van der Waals surface area contributed by atoms with Crippen LogP contribution in [0.2, 0.25) is 0 Å². The first kappa shape index (κ1) is 14.6. The van der Waals surface area contributed by atoms with E-state index in [0.29, 0.717) is 0 Å². The lowest BCUT2D eigenvalue weighted by Gasteiger charge is -2.02. The van der Waals surface area contributed by atoms with Crippen LogP contribution in [-0.4, -0.2) is 0 Å². The first-order valence-electron chi connectivity index (χ1n) is 9.15. The van der Waals surface area contributed by atoms with Crippen molar-refractivity contribution < 1.29 is 8.83 Å². The molecule has 128 valence electrons. The van der Waals surface area contributed by atoms with Gasteiger partial charge in [-0.1, -0.05) is 60.7 Å². The van der Waals surface area contributed by atoms with Gasteiger partial charge in [0.05, 0.1) is 0 Å². The molecular weight excluding hydrogens is 332 g/mol. The fraction of sp³-hybridized carbons (Fsp3) is 0.0400. The van der Waals surface area contributed by atoms with Crippen molar-refractivity contribution in [2.24, 2.45) is 0 Å². The average molecular weight is 348 g/mol. The molecule has 0 aliphatic heterocycles. The molecule has 0 spiro atoms. The standard InChI is InChI=1S/C25H16O2/c1-3-7-22-18(5-1)20-11-9-16(14-24(20)26-22)13-17-10-12-21-19-6-2-4-8-23(19)27-25(21)15-17/h1-12,14-15H,13H2. The number of benzene rings is 4. The molecule has 6 aromatic rings. The molecule has 0 saturated heterocycles. The van der Waals surface area contributed by atoms with Crippen molar-refractivity contribution in [2.75, 3.05) is 0 Å². The Morgan fingerprint density at radius 3 is 1.41 bits per heavy atom. The average Bonchev–Trinajstić information content (AvgIpc) is 3.25. The Balaban J connectivity index is 1.42. The van der Waals surface area contributed by atoms with Gasteiger partial charge in [-0.05, 0) is 41.8 Å². The molecule has 4 aromatic carbocycles. The minimum Gasteiger partial charge on any atom is -0.456 e. The summed E-state index contributed by atoms with van der Waals surface area (Å²) in [4.78, 5) is 0. The van der Waals surface area contributed by atoms with Gasteiger partial charge in [-0.25, -0.2) is 0 Å². The van der Waals surface area contributed by atoms with Gasteiger partial charge in [0.25, 0.3) is 0 Å². The van der Waals surface area contributed by atoms with Crippen LogP contribution < -0.4 is 0 Å². The molecule has 0 aliphatic carbocycles. The monoisotopic (exact) mass is 348 g/mol. The molecule has 0 aliphatic rings. The van der Waals surface area contributed by atoms with Crippen molar-refractivity contribution in [3.8, 4) is 0 Å². The molecule has 2 nitrogen and oxygen atoms in total. The number of hydrogen-bond donors (Lipinski definition) is 0. The maximum absolute atomic E-state index is 6.02. The number of furan rings is 2. The van der Waals surface area contributed by atoms with E-state index in [0.717, 1.165) is 28.8 Å². The third-order valence-electron chi connectivity index (χ3n) is 5.29. The van der Waals surface area contributed by atoms with Gasteiger partial charge in [0, 0.05) is 21.5 Å². The molecule has 0 amide bonds. The van der Waals surface area contributed by atoms with E-state index >= 15 is 0 Å². The zero-order valence-corrected chi connectivity index (χ0v) is 14.6. The Morgan fingerprint density at radius 2 is 0.889 bits per heavy atom. The molecule has 2 heteroatoms.